The van der Waals surface area contributed by atoms with Gasteiger partial charge in [0.2, 0.25) is 0 Å². The third kappa shape index (κ3) is 5.68. The van der Waals surface area contributed by atoms with Crippen molar-refractivity contribution in [3.63, 3.8) is 0 Å². The number of rotatable bonds is 6. The molecule has 0 bridgehead atoms. The molecule has 0 spiro atoms. The minimum Gasteiger partial charge on any atom is -0.483 e. The quantitative estimate of drug-likeness (QED) is 0.246. The molecule has 7 unspecified atom stereocenters. The second-order valence-corrected chi connectivity index (χ2v) is 21.6. The number of para-hydroxylation sites is 3. The molecule has 15 rings (SSSR count). The van der Waals surface area contributed by atoms with E-state index in [1.807, 2.05) is 0 Å². The smallest absolute Gasteiger partial charge is 0.146 e. The fraction of sp³-hybridized carbons (Fsp3) is 0.365. The largest absolute Gasteiger partial charge is 0.483 e. The molecule has 4 heterocycles. The van der Waals surface area contributed by atoms with Gasteiger partial charge in [0.05, 0.1) is 34.6 Å². The second-order valence-electron chi connectivity index (χ2n) is 21.6. The van der Waals surface area contributed by atoms with Gasteiger partial charge in [0.15, 0.2) is 0 Å². The third-order valence-corrected chi connectivity index (χ3v) is 18.2. The van der Waals surface area contributed by atoms with Crippen LogP contribution in [0.3, 0.4) is 0 Å². The van der Waals surface area contributed by atoms with Crippen molar-refractivity contribution in [1.29, 1.82) is 0 Å². The lowest BCUT2D eigenvalue weighted by molar-refractivity contribution is 0.181. The van der Waals surface area contributed by atoms with Crippen molar-refractivity contribution in [1.82, 2.24) is 0 Å². The zero-order valence-electron chi connectivity index (χ0n) is 39.2. The predicted molar refractivity (Wildman–Crippen MR) is 271 cm³/mol. The van der Waals surface area contributed by atoms with Crippen LogP contribution in [0.1, 0.15) is 118 Å². The Morgan fingerprint density at radius 3 is 2.38 bits per heavy atom. The van der Waals surface area contributed by atoms with Crippen LogP contribution in [0, 0.1) is 42.4 Å². The van der Waals surface area contributed by atoms with Crippen molar-refractivity contribution in [2.75, 3.05) is 9.80 Å². The van der Waals surface area contributed by atoms with E-state index in [1.165, 1.54) is 130 Å². The normalized spacial score (nSPS) is 30.4. The molecule has 3 fully saturated rings. The standard InChI is InChI=1S/C63H60N2O3/c1-37-17-2-10-32-50(37)64(52-34-14-30-48-46-28-12-25-40(38-18-3-4-19-38)59(46)67-61(48)52)58-45-24-8-7-23-44(45)57-56-55-43(27-16-36-54(55)66-63(56)58)42-22-9-11-33-51(42)65(57)53-35-15-31-49-47-29-13-26-41(39-20-5-6-21-39)60(47)68-62(49)53/h2,7-13,15-17,22-24,26-29,32-33,35-36,38-40,44-45,48-49,54-55H,3-6,14,18-21,25,30-31,34H2,1H3. The maximum Gasteiger partial charge on any atom is 0.146 e. The summed E-state index contributed by atoms with van der Waals surface area (Å²) >= 11 is 0. The van der Waals surface area contributed by atoms with Gasteiger partial charge in [-0.25, -0.2) is 0 Å². The zero-order valence-corrected chi connectivity index (χ0v) is 39.2. The van der Waals surface area contributed by atoms with Gasteiger partial charge in [-0.3, -0.25) is 0 Å². The molecule has 8 aliphatic carbocycles. The second kappa shape index (κ2) is 15.4. The molecule has 0 radical (unpaired) electrons. The average molecular weight is 893 g/mol. The van der Waals surface area contributed by atoms with Crippen molar-refractivity contribution in [3.8, 4) is 5.75 Å². The molecule has 0 aromatic heterocycles. The highest BCUT2D eigenvalue weighted by Gasteiger charge is 2.55. The highest BCUT2D eigenvalue weighted by molar-refractivity contribution is 5.89. The first kappa shape index (κ1) is 39.8. The molecule has 7 atom stereocenters. The van der Waals surface area contributed by atoms with Crippen LogP contribution in [0.5, 0.6) is 5.75 Å². The molecular weight excluding hydrogens is 833 g/mol. The molecule has 3 aromatic carbocycles. The van der Waals surface area contributed by atoms with Gasteiger partial charge in [0.25, 0.3) is 0 Å². The van der Waals surface area contributed by atoms with E-state index in [1.54, 1.807) is 0 Å². The van der Waals surface area contributed by atoms with Crippen LogP contribution in [0.25, 0.3) is 5.57 Å². The van der Waals surface area contributed by atoms with Crippen LogP contribution < -0.4 is 14.5 Å². The Hall–Kier alpha value is -6.20. The molecule has 68 heavy (non-hydrogen) atoms. The molecular formula is C63H60N2O3. The molecule has 2 saturated carbocycles. The van der Waals surface area contributed by atoms with Gasteiger partial charge in [-0.1, -0.05) is 135 Å². The van der Waals surface area contributed by atoms with E-state index in [4.69, 9.17) is 14.2 Å². The molecule has 3 aromatic rings. The number of hydrogen-bond donors (Lipinski definition) is 0. The van der Waals surface area contributed by atoms with E-state index in [0.29, 0.717) is 17.8 Å². The first-order valence-electron chi connectivity index (χ1n) is 26.4. The van der Waals surface area contributed by atoms with Crippen molar-refractivity contribution >= 4 is 16.9 Å². The molecule has 5 heteroatoms. The Bertz CT molecular complexity index is 3060. The molecule has 340 valence electrons. The summed E-state index contributed by atoms with van der Waals surface area (Å²) in [5.74, 6) is 7.98. The van der Waals surface area contributed by atoms with Crippen molar-refractivity contribution < 1.29 is 14.2 Å². The highest BCUT2D eigenvalue weighted by atomic mass is 16.5. The summed E-state index contributed by atoms with van der Waals surface area (Å²) < 4.78 is 22.6. The minimum atomic E-state index is -0.135. The van der Waals surface area contributed by atoms with Gasteiger partial charge >= 0.3 is 0 Å². The third-order valence-electron chi connectivity index (χ3n) is 18.2. The summed E-state index contributed by atoms with van der Waals surface area (Å²) in [4.78, 5) is 5.33. The Labute approximate surface area is 401 Å². The van der Waals surface area contributed by atoms with E-state index >= 15 is 0 Å². The van der Waals surface area contributed by atoms with Crippen LogP contribution in [-0.2, 0) is 9.47 Å². The number of anilines is 2. The van der Waals surface area contributed by atoms with Crippen LogP contribution in [0.4, 0.5) is 11.4 Å². The summed E-state index contributed by atoms with van der Waals surface area (Å²) in [6.07, 6.45) is 41.8. The minimum absolute atomic E-state index is 0.00842. The fourth-order valence-corrected chi connectivity index (χ4v) is 15.2. The first-order valence-corrected chi connectivity index (χ1v) is 26.4. The number of aryl methyl sites for hydroxylation is 1. The van der Waals surface area contributed by atoms with Crippen molar-refractivity contribution in [3.05, 3.63) is 213 Å². The predicted octanol–water partition coefficient (Wildman–Crippen LogP) is 15.2. The van der Waals surface area contributed by atoms with Crippen molar-refractivity contribution in [2.45, 2.75) is 108 Å². The Morgan fingerprint density at radius 2 is 1.49 bits per heavy atom. The summed E-state index contributed by atoms with van der Waals surface area (Å²) in [5.41, 5.74) is 16.9. The van der Waals surface area contributed by atoms with Gasteiger partial charge < -0.3 is 24.0 Å². The number of fused-ring (bicyclic) bond motifs is 9. The van der Waals surface area contributed by atoms with Crippen LogP contribution in [-0.4, -0.2) is 6.10 Å². The number of benzene rings is 3. The van der Waals surface area contributed by atoms with E-state index < -0.39 is 0 Å². The van der Waals surface area contributed by atoms with Crippen LogP contribution >= 0.6 is 0 Å². The highest BCUT2D eigenvalue weighted by Crippen LogP contribution is 2.63. The fourth-order valence-electron chi connectivity index (χ4n) is 15.2. The monoisotopic (exact) mass is 892 g/mol. The number of nitrogens with zero attached hydrogens (tertiary/aromatic N) is 2. The Balaban J connectivity index is 0.968. The first-order chi connectivity index (χ1) is 33.7. The van der Waals surface area contributed by atoms with Gasteiger partial charge in [-0.05, 0) is 118 Å². The molecule has 0 N–H and O–H groups in total. The maximum absolute atomic E-state index is 7.67. The number of hydrogen-bond acceptors (Lipinski definition) is 5. The van der Waals surface area contributed by atoms with Gasteiger partial charge in [-0.2, -0.15) is 0 Å². The maximum atomic E-state index is 7.67. The Morgan fingerprint density at radius 1 is 0.676 bits per heavy atom. The van der Waals surface area contributed by atoms with Gasteiger partial charge in [-0.15, -0.1) is 0 Å². The Kier molecular flexibility index (Phi) is 9.01. The van der Waals surface area contributed by atoms with E-state index in [0.717, 1.165) is 55.1 Å². The molecule has 12 aliphatic rings. The van der Waals surface area contributed by atoms with E-state index in [-0.39, 0.29) is 35.7 Å². The number of ether oxygens (including phenoxy) is 3. The number of allylic oxidation sites excluding steroid dienone is 15. The molecule has 4 aliphatic heterocycles. The summed E-state index contributed by atoms with van der Waals surface area (Å²) in [6.45, 7) is 2.29. The lowest BCUT2D eigenvalue weighted by Gasteiger charge is -2.45. The summed E-state index contributed by atoms with van der Waals surface area (Å²) in [7, 11) is 0. The zero-order chi connectivity index (χ0) is 44.6. The lowest BCUT2D eigenvalue weighted by atomic mass is 9.71. The van der Waals surface area contributed by atoms with E-state index in [2.05, 4.69) is 150 Å². The SMILES string of the molecule is Cc1ccccc1N(C1=C2OC3=C(C=CCC3C3CCCC3)C2CCC1)C1=C2OC3C=CC=C4c5ccccc5N(C5=C6Oc7c(C8CCCC8)cccc7C6CC=C5)C(=C2C43)C2C=CC=CC12. The topological polar surface area (TPSA) is 34.2 Å². The van der Waals surface area contributed by atoms with Gasteiger partial charge in [0, 0.05) is 57.3 Å². The molecule has 1 saturated heterocycles. The average Bonchev–Trinajstić information content (AvgIpc) is 4.25. The lowest BCUT2D eigenvalue weighted by Crippen LogP contribution is -2.41. The van der Waals surface area contributed by atoms with Crippen LogP contribution in [0.2, 0.25) is 0 Å². The molecule has 0 amide bonds. The molecule has 5 nitrogen and oxygen atoms in total. The van der Waals surface area contributed by atoms with E-state index in [9.17, 15) is 0 Å². The summed E-state index contributed by atoms with van der Waals surface area (Å²) in [5, 5.41) is 0. The van der Waals surface area contributed by atoms with Crippen molar-refractivity contribution in [2.24, 2.45) is 35.5 Å². The van der Waals surface area contributed by atoms with Gasteiger partial charge in [0.1, 0.15) is 34.9 Å². The summed E-state index contributed by atoms with van der Waals surface area (Å²) in [6, 6.07) is 25.2. The van der Waals surface area contributed by atoms with Crippen LogP contribution in [0.15, 0.2) is 191 Å².